The first kappa shape index (κ1) is 14.9. The van der Waals surface area contributed by atoms with Crippen LogP contribution in [0.3, 0.4) is 0 Å². The fourth-order valence-corrected chi connectivity index (χ4v) is 2.63. The van der Waals surface area contributed by atoms with Gasteiger partial charge in [-0.05, 0) is 30.0 Å². The van der Waals surface area contributed by atoms with E-state index in [1.807, 2.05) is 0 Å². The largest absolute Gasteiger partial charge is 0.334 e. The van der Waals surface area contributed by atoms with Gasteiger partial charge in [-0.3, -0.25) is 4.79 Å². The molecule has 20 heavy (non-hydrogen) atoms. The van der Waals surface area contributed by atoms with Crippen LogP contribution in [0.1, 0.15) is 33.6 Å². The van der Waals surface area contributed by atoms with E-state index in [2.05, 4.69) is 26.1 Å². The van der Waals surface area contributed by atoms with Crippen molar-refractivity contribution >= 4 is 29.2 Å². The van der Waals surface area contributed by atoms with Crippen LogP contribution in [0.5, 0.6) is 0 Å². The van der Waals surface area contributed by atoms with E-state index in [4.69, 9.17) is 11.6 Å². The van der Waals surface area contributed by atoms with Gasteiger partial charge in [0.2, 0.25) is 5.91 Å². The first-order chi connectivity index (χ1) is 9.26. The van der Waals surface area contributed by atoms with Gasteiger partial charge < -0.3 is 5.32 Å². The summed E-state index contributed by atoms with van der Waals surface area (Å²) in [5.41, 5.74) is 0.574. The predicted octanol–water partition coefficient (Wildman–Crippen LogP) is 3.59. The average molecular weight is 295 g/mol. The van der Waals surface area contributed by atoms with E-state index in [1.54, 1.807) is 24.3 Å². The van der Waals surface area contributed by atoms with Crippen LogP contribution in [-0.4, -0.2) is 18.0 Å². The molecule has 1 aliphatic rings. The van der Waals surface area contributed by atoms with Gasteiger partial charge in [-0.15, -0.1) is 0 Å². The van der Waals surface area contributed by atoms with Crippen LogP contribution >= 0.6 is 11.6 Å². The van der Waals surface area contributed by atoms with Crippen molar-refractivity contribution in [2.75, 3.05) is 4.90 Å². The molecule has 2 rings (SSSR count). The Balaban J connectivity index is 2.16. The minimum absolute atomic E-state index is 0.0659. The number of rotatable bonds is 2. The summed E-state index contributed by atoms with van der Waals surface area (Å²) in [7, 11) is 0. The molecule has 1 fully saturated rings. The fourth-order valence-electron chi connectivity index (χ4n) is 2.44. The summed E-state index contributed by atoms with van der Waals surface area (Å²) in [6, 6.07) is 6.26. The quantitative estimate of drug-likeness (QED) is 0.906. The number of carbonyl (C=O) groups excluding carboxylic acids is 2. The number of halogens is 1. The van der Waals surface area contributed by atoms with E-state index in [9.17, 15) is 9.59 Å². The number of anilines is 1. The van der Waals surface area contributed by atoms with Crippen molar-refractivity contribution < 1.29 is 9.59 Å². The summed E-state index contributed by atoms with van der Waals surface area (Å²) in [4.78, 5) is 25.6. The number of benzene rings is 1. The summed E-state index contributed by atoms with van der Waals surface area (Å²) in [5.74, 6) is -0.190. The Bertz CT molecular complexity index is 519. The summed E-state index contributed by atoms with van der Waals surface area (Å²) in [6.45, 7) is 6.27. The Morgan fingerprint density at radius 2 is 2.05 bits per heavy atom. The van der Waals surface area contributed by atoms with E-state index < -0.39 is 0 Å². The number of hydrogen-bond acceptors (Lipinski definition) is 2. The van der Waals surface area contributed by atoms with Crippen molar-refractivity contribution in [3.63, 3.8) is 0 Å². The van der Waals surface area contributed by atoms with E-state index in [0.29, 0.717) is 17.1 Å². The Labute approximate surface area is 124 Å². The topological polar surface area (TPSA) is 49.4 Å². The highest BCUT2D eigenvalue weighted by Gasteiger charge is 2.34. The monoisotopic (exact) mass is 294 g/mol. The van der Waals surface area contributed by atoms with Gasteiger partial charge in [0, 0.05) is 17.5 Å². The van der Waals surface area contributed by atoms with Gasteiger partial charge >= 0.3 is 6.03 Å². The minimum atomic E-state index is -0.377. The molecule has 0 saturated carbocycles. The van der Waals surface area contributed by atoms with Gasteiger partial charge in [-0.25, -0.2) is 9.69 Å². The fraction of sp³-hybridized carbons (Fsp3) is 0.467. The maximum Gasteiger partial charge on any atom is 0.328 e. The number of hydrogen-bond donors (Lipinski definition) is 1. The normalized spacial score (nSPS) is 20.0. The van der Waals surface area contributed by atoms with Crippen LogP contribution in [0.4, 0.5) is 10.5 Å². The molecule has 1 saturated heterocycles. The lowest BCUT2D eigenvalue weighted by atomic mass is 9.86. The molecule has 0 aliphatic carbocycles. The first-order valence-electron chi connectivity index (χ1n) is 6.65. The van der Waals surface area contributed by atoms with Gasteiger partial charge in [0.15, 0.2) is 0 Å². The molecular formula is C15H19ClN2O2. The molecule has 1 aliphatic heterocycles. The van der Waals surface area contributed by atoms with Gasteiger partial charge in [0.25, 0.3) is 0 Å². The van der Waals surface area contributed by atoms with Crippen LogP contribution < -0.4 is 10.2 Å². The lowest BCUT2D eigenvalue weighted by Gasteiger charge is -2.34. The van der Waals surface area contributed by atoms with E-state index in [-0.39, 0.29) is 23.4 Å². The zero-order chi connectivity index (χ0) is 14.9. The molecule has 0 aromatic heterocycles. The molecule has 0 radical (unpaired) electrons. The van der Waals surface area contributed by atoms with Crippen LogP contribution in [-0.2, 0) is 4.79 Å². The molecule has 1 aromatic rings. The van der Waals surface area contributed by atoms with Gasteiger partial charge in [-0.1, -0.05) is 38.4 Å². The molecule has 1 heterocycles. The molecule has 3 amide bonds. The second-order valence-corrected chi connectivity index (χ2v) is 6.76. The number of carbonyl (C=O) groups is 2. The number of amides is 3. The summed E-state index contributed by atoms with van der Waals surface area (Å²) in [5, 5.41) is 3.39. The Hall–Kier alpha value is -1.55. The number of nitrogens with zero attached hydrogens (tertiary/aromatic N) is 1. The van der Waals surface area contributed by atoms with Crippen molar-refractivity contribution in [1.29, 1.82) is 0 Å². The maximum atomic E-state index is 12.2. The van der Waals surface area contributed by atoms with Crippen LogP contribution in [0.25, 0.3) is 0 Å². The Morgan fingerprint density at radius 1 is 1.35 bits per heavy atom. The SMILES string of the molecule is CC(C)(C)CC1CC(=O)N(c2cccc(Cl)c2)C(=O)N1. The lowest BCUT2D eigenvalue weighted by molar-refractivity contribution is -0.119. The maximum absolute atomic E-state index is 12.2. The third-order valence-electron chi connectivity index (χ3n) is 3.13. The van der Waals surface area contributed by atoms with Gasteiger partial charge in [0.05, 0.1) is 5.69 Å². The molecule has 1 N–H and O–H groups in total. The third-order valence-corrected chi connectivity index (χ3v) is 3.36. The van der Waals surface area contributed by atoms with Crippen molar-refractivity contribution in [3.8, 4) is 0 Å². The van der Waals surface area contributed by atoms with Crippen LogP contribution in [0.2, 0.25) is 5.02 Å². The van der Waals surface area contributed by atoms with Crippen LogP contribution in [0.15, 0.2) is 24.3 Å². The highest BCUT2D eigenvalue weighted by Crippen LogP contribution is 2.27. The summed E-state index contributed by atoms with van der Waals surface area (Å²) >= 11 is 5.91. The molecule has 0 spiro atoms. The molecule has 4 nitrogen and oxygen atoms in total. The Morgan fingerprint density at radius 3 is 2.60 bits per heavy atom. The van der Waals surface area contributed by atoms with Crippen molar-refractivity contribution in [3.05, 3.63) is 29.3 Å². The second kappa shape index (κ2) is 5.44. The summed E-state index contributed by atoms with van der Waals surface area (Å²) in [6.07, 6.45) is 1.09. The Kier molecular flexibility index (Phi) is 4.04. The highest BCUT2D eigenvalue weighted by atomic mass is 35.5. The van der Waals surface area contributed by atoms with E-state index in [1.165, 1.54) is 0 Å². The zero-order valence-electron chi connectivity index (χ0n) is 11.9. The smallest absolute Gasteiger partial charge is 0.328 e. The van der Waals surface area contributed by atoms with E-state index >= 15 is 0 Å². The molecule has 108 valence electrons. The third kappa shape index (κ3) is 3.51. The second-order valence-electron chi connectivity index (χ2n) is 6.32. The molecule has 1 atom stereocenters. The highest BCUT2D eigenvalue weighted by molar-refractivity contribution is 6.31. The number of urea groups is 1. The molecule has 5 heteroatoms. The van der Waals surface area contributed by atoms with Crippen LogP contribution in [0, 0.1) is 5.41 Å². The zero-order valence-corrected chi connectivity index (χ0v) is 12.7. The van der Waals surface area contributed by atoms with Gasteiger partial charge in [0.1, 0.15) is 0 Å². The molecule has 1 aromatic carbocycles. The van der Waals surface area contributed by atoms with Crippen molar-refractivity contribution in [2.24, 2.45) is 5.41 Å². The summed E-state index contributed by atoms with van der Waals surface area (Å²) < 4.78 is 0. The van der Waals surface area contributed by atoms with Crippen molar-refractivity contribution in [1.82, 2.24) is 5.32 Å². The van der Waals surface area contributed by atoms with E-state index in [0.717, 1.165) is 11.3 Å². The minimum Gasteiger partial charge on any atom is -0.334 e. The lowest BCUT2D eigenvalue weighted by Crippen LogP contribution is -2.55. The standard InChI is InChI=1S/C15H19ClN2O2/c1-15(2,3)9-11-8-13(19)18(14(20)17-11)12-6-4-5-10(16)7-12/h4-7,11H,8-9H2,1-3H3,(H,17,20). The van der Waals surface area contributed by atoms with Crippen molar-refractivity contribution in [2.45, 2.75) is 39.7 Å². The van der Waals surface area contributed by atoms with Gasteiger partial charge in [-0.2, -0.15) is 0 Å². The molecular weight excluding hydrogens is 276 g/mol. The predicted molar refractivity (Wildman–Crippen MR) is 79.9 cm³/mol. The number of imide groups is 1. The average Bonchev–Trinajstić information content (AvgIpc) is 2.25. The first-order valence-corrected chi connectivity index (χ1v) is 7.03. The molecule has 1 unspecified atom stereocenters. The number of nitrogens with one attached hydrogen (secondary N) is 1. The molecule has 0 bridgehead atoms.